The lowest BCUT2D eigenvalue weighted by atomic mass is 9.78. The molecule has 0 N–H and O–H groups in total. The van der Waals surface area contributed by atoms with Crippen molar-refractivity contribution in [3.05, 3.63) is 0 Å². The molecule has 1 heteroatoms. The van der Waals surface area contributed by atoms with Crippen molar-refractivity contribution in [3.8, 4) is 0 Å². The second kappa shape index (κ2) is 3.23. The second-order valence-corrected chi connectivity index (χ2v) is 7.80. The summed E-state index contributed by atoms with van der Waals surface area (Å²) in [4.78, 5) is 2.81. The maximum Gasteiger partial charge on any atom is 0.0138 e. The van der Waals surface area contributed by atoms with E-state index in [1.807, 2.05) is 0 Å². The number of rotatable bonds is 1. The summed E-state index contributed by atoms with van der Waals surface area (Å²) in [5.74, 6) is 1.01. The maximum atomic E-state index is 2.81. The van der Waals surface area contributed by atoms with Gasteiger partial charge in [0.25, 0.3) is 0 Å². The van der Waals surface area contributed by atoms with Crippen molar-refractivity contribution in [2.45, 2.75) is 78.4 Å². The van der Waals surface area contributed by atoms with Gasteiger partial charge in [0.2, 0.25) is 0 Å². The molecule has 15 heavy (non-hydrogen) atoms. The van der Waals surface area contributed by atoms with Crippen molar-refractivity contribution in [1.29, 1.82) is 0 Å². The van der Waals surface area contributed by atoms with Gasteiger partial charge in [0.05, 0.1) is 0 Å². The van der Waals surface area contributed by atoms with E-state index in [9.17, 15) is 0 Å². The molecule has 1 aliphatic carbocycles. The number of hydrogen-bond acceptors (Lipinski definition) is 1. The first-order valence-corrected chi connectivity index (χ1v) is 6.47. The van der Waals surface area contributed by atoms with Crippen LogP contribution in [0.25, 0.3) is 0 Å². The zero-order valence-electron chi connectivity index (χ0n) is 11.3. The molecule has 3 fully saturated rings. The Morgan fingerprint density at radius 1 is 1.00 bits per heavy atom. The van der Waals surface area contributed by atoms with E-state index in [1.54, 1.807) is 0 Å². The van der Waals surface area contributed by atoms with Crippen LogP contribution in [0.2, 0.25) is 0 Å². The van der Waals surface area contributed by atoms with Crippen molar-refractivity contribution in [2.24, 2.45) is 11.3 Å². The molecular weight excluding hydrogens is 182 g/mol. The molecule has 88 valence electrons. The smallest absolute Gasteiger partial charge is 0.0138 e. The third kappa shape index (κ3) is 2.08. The van der Waals surface area contributed by atoms with E-state index in [4.69, 9.17) is 0 Å². The quantitative estimate of drug-likeness (QED) is 0.637. The van der Waals surface area contributed by atoms with Crippen molar-refractivity contribution >= 4 is 0 Å². The Morgan fingerprint density at radius 3 is 1.93 bits per heavy atom. The van der Waals surface area contributed by atoms with Crippen LogP contribution in [0.4, 0.5) is 0 Å². The summed E-state index contributed by atoms with van der Waals surface area (Å²) < 4.78 is 0. The summed E-state index contributed by atoms with van der Waals surface area (Å²) in [5, 5.41) is 0. The molecule has 2 bridgehead atoms. The molecule has 1 saturated carbocycles. The second-order valence-electron chi connectivity index (χ2n) is 7.80. The first kappa shape index (κ1) is 11.4. The molecule has 0 aromatic rings. The Labute approximate surface area is 95.2 Å². The highest BCUT2D eigenvalue weighted by atomic mass is 15.3. The molecule has 2 saturated heterocycles. The number of fused-ring (bicyclic) bond motifs is 1. The first-order chi connectivity index (χ1) is 6.68. The van der Waals surface area contributed by atoms with Gasteiger partial charge >= 0.3 is 0 Å². The van der Waals surface area contributed by atoms with Crippen LogP contribution >= 0.6 is 0 Å². The fraction of sp³-hybridized carbons (Fsp3) is 1.00. The van der Waals surface area contributed by atoms with Gasteiger partial charge in [-0.1, -0.05) is 20.8 Å². The standard InChI is InChI=1S/C14H27N/c1-13(2,3)9-12-10-7-11(8-10)15(12)14(4,5)6/h10-12H,7-9H2,1-6H3. The molecular formula is C14H27N. The van der Waals surface area contributed by atoms with Gasteiger partial charge in [-0.15, -0.1) is 0 Å². The van der Waals surface area contributed by atoms with E-state index in [0.717, 1.165) is 18.0 Å². The van der Waals surface area contributed by atoms with Crippen LogP contribution in [0.1, 0.15) is 60.8 Å². The molecule has 0 radical (unpaired) electrons. The maximum absolute atomic E-state index is 2.81. The van der Waals surface area contributed by atoms with E-state index in [-0.39, 0.29) is 0 Å². The van der Waals surface area contributed by atoms with Gasteiger partial charge in [-0.05, 0) is 51.4 Å². The Kier molecular flexibility index (Phi) is 2.46. The molecule has 0 aromatic carbocycles. The van der Waals surface area contributed by atoms with Gasteiger partial charge < -0.3 is 0 Å². The largest absolute Gasteiger partial charge is 0.292 e. The molecule has 3 aliphatic rings. The van der Waals surface area contributed by atoms with Gasteiger partial charge in [0.1, 0.15) is 0 Å². The Balaban J connectivity index is 2.11. The highest BCUT2D eigenvalue weighted by Crippen LogP contribution is 2.51. The lowest BCUT2D eigenvalue weighted by Crippen LogP contribution is -2.47. The zero-order chi connectivity index (χ0) is 11.4. The monoisotopic (exact) mass is 209 g/mol. The average Bonchev–Trinajstić information content (AvgIpc) is 2.31. The van der Waals surface area contributed by atoms with Crippen molar-refractivity contribution in [2.75, 3.05) is 0 Å². The number of nitrogens with zero attached hydrogens (tertiary/aromatic N) is 1. The Morgan fingerprint density at radius 2 is 1.53 bits per heavy atom. The van der Waals surface area contributed by atoms with Gasteiger partial charge in [0, 0.05) is 17.6 Å². The van der Waals surface area contributed by atoms with Crippen molar-refractivity contribution in [3.63, 3.8) is 0 Å². The van der Waals surface area contributed by atoms with E-state index >= 15 is 0 Å². The Bertz CT molecular complexity index is 237. The van der Waals surface area contributed by atoms with E-state index in [0.29, 0.717) is 11.0 Å². The molecule has 1 unspecified atom stereocenters. The minimum atomic E-state index is 0.367. The highest BCUT2D eigenvalue weighted by Gasteiger charge is 2.54. The normalized spacial score (nSPS) is 36.8. The first-order valence-electron chi connectivity index (χ1n) is 6.47. The molecule has 0 amide bonds. The molecule has 3 rings (SSSR count). The van der Waals surface area contributed by atoms with Gasteiger partial charge in [-0.3, -0.25) is 4.90 Å². The van der Waals surface area contributed by atoms with E-state index in [2.05, 4.69) is 46.4 Å². The summed E-state index contributed by atoms with van der Waals surface area (Å²) in [6, 6.07) is 1.76. The molecule has 0 aromatic heterocycles. The van der Waals surface area contributed by atoms with Crippen molar-refractivity contribution in [1.82, 2.24) is 4.90 Å². The summed E-state index contributed by atoms with van der Waals surface area (Å²) in [5.41, 5.74) is 0.845. The van der Waals surface area contributed by atoms with Crippen LogP contribution in [-0.2, 0) is 0 Å². The predicted octanol–water partition coefficient (Wildman–Crippen LogP) is 3.68. The zero-order valence-corrected chi connectivity index (χ0v) is 11.3. The van der Waals surface area contributed by atoms with Gasteiger partial charge in [-0.2, -0.15) is 0 Å². The van der Waals surface area contributed by atoms with Crippen LogP contribution < -0.4 is 0 Å². The van der Waals surface area contributed by atoms with Crippen molar-refractivity contribution < 1.29 is 0 Å². The summed E-state index contributed by atoms with van der Waals surface area (Å²) in [7, 11) is 0. The lowest BCUT2D eigenvalue weighted by molar-refractivity contribution is 0.0811. The molecule has 0 spiro atoms. The highest BCUT2D eigenvalue weighted by molar-refractivity contribution is 5.08. The third-order valence-corrected chi connectivity index (χ3v) is 4.04. The van der Waals surface area contributed by atoms with Crippen LogP contribution in [0.5, 0.6) is 0 Å². The van der Waals surface area contributed by atoms with E-state index in [1.165, 1.54) is 19.3 Å². The van der Waals surface area contributed by atoms with E-state index < -0.39 is 0 Å². The van der Waals surface area contributed by atoms with Gasteiger partial charge in [0.15, 0.2) is 0 Å². The minimum Gasteiger partial charge on any atom is -0.292 e. The summed E-state index contributed by atoms with van der Waals surface area (Å²) >= 11 is 0. The van der Waals surface area contributed by atoms with Crippen LogP contribution in [0.15, 0.2) is 0 Å². The lowest BCUT2D eigenvalue weighted by Gasteiger charge is -2.40. The van der Waals surface area contributed by atoms with Crippen LogP contribution in [0, 0.1) is 11.3 Å². The SMILES string of the molecule is CC(C)(C)CC1C2CC(C2)N1C(C)(C)C. The molecule has 2 aliphatic heterocycles. The van der Waals surface area contributed by atoms with Crippen LogP contribution in [-0.4, -0.2) is 22.5 Å². The summed E-state index contributed by atoms with van der Waals surface area (Å²) in [6.07, 6.45) is 4.31. The minimum absolute atomic E-state index is 0.367. The Hall–Kier alpha value is -0.0400. The molecule has 2 heterocycles. The fourth-order valence-electron chi connectivity index (χ4n) is 3.61. The van der Waals surface area contributed by atoms with Gasteiger partial charge in [-0.25, -0.2) is 0 Å². The van der Waals surface area contributed by atoms with Crippen LogP contribution in [0.3, 0.4) is 0 Å². The predicted molar refractivity (Wildman–Crippen MR) is 66.0 cm³/mol. The topological polar surface area (TPSA) is 3.24 Å². The molecule has 1 nitrogen and oxygen atoms in total. The average molecular weight is 209 g/mol. The number of hydrogen-bond donors (Lipinski definition) is 0. The third-order valence-electron chi connectivity index (χ3n) is 4.04. The summed E-state index contributed by atoms with van der Waals surface area (Å²) in [6.45, 7) is 14.3. The molecule has 1 atom stereocenters. The fourth-order valence-corrected chi connectivity index (χ4v) is 3.61.